The smallest absolute Gasteiger partial charge is 0.253 e. The molecule has 0 saturated heterocycles. The predicted molar refractivity (Wildman–Crippen MR) is 46.4 cm³/mol. The second kappa shape index (κ2) is 2.93. The first-order chi connectivity index (χ1) is 5.52. The predicted octanol–water partition coefficient (Wildman–Crippen LogP) is 0.896. The van der Waals surface area contributed by atoms with Gasteiger partial charge in [0.2, 0.25) is 0 Å². The summed E-state index contributed by atoms with van der Waals surface area (Å²) >= 11 is 0. The molecule has 0 bridgehead atoms. The molecule has 64 valence electrons. The van der Waals surface area contributed by atoms with Crippen LogP contribution in [0.4, 0.5) is 0 Å². The van der Waals surface area contributed by atoms with Crippen molar-refractivity contribution >= 4 is 5.78 Å². The Morgan fingerprint density at radius 1 is 1.50 bits per heavy atom. The SMILES string of the molecule is CC(=O)c1cc(C)c(=O)n(C)c1. The Morgan fingerprint density at radius 2 is 2.08 bits per heavy atom. The summed E-state index contributed by atoms with van der Waals surface area (Å²) in [6, 6.07) is 1.62. The van der Waals surface area contributed by atoms with E-state index in [1.54, 1.807) is 26.2 Å². The molecule has 0 radical (unpaired) electrons. The topological polar surface area (TPSA) is 39.1 Å². The molecule has 0 aliphatic heterocycles. The fraction of sp³-hybridized carbons (Fsp3) is 0.333. The Balaban J connectivity index is 3.41. The van der Waals surface area contributed by atoms with Gasteiger partial charge >= 0.3 is 0 Å². The van der Waals surface area contributed by atoms with E-state index >= 15 is 0 Å². The van der Waals surface area contributed by atoms with Gasteiger partial charge in [0.25, 0.3) is 5.56 Å². The van der Waals surface area contributed by atoms with E-state index in [1.165, 1.54) is 11.5 Å². The number of carbonyl (C=O) groups excluding carboxylic acids is 1. The van der Waals surface area contributed by atoms with E-state index in [2.05, 4.69) is 0 Å². The first-order valence-electron chi connectivity index (χ1n) is 3.70. The fourth-order valence-electron chi connectivity index (χ4n) is 1.07. The quantitative estimate of drug-likeness (QED) is 0.580. The van der Waals surface area contributed by atoms with Gasteiger partial charge in [0.05, 0.1) is 0 Å². The van der Waals surface area contributed by atoms with E-state index in [0.29, 0.717) is 11.1 Å². The fourth-order valence-corrected chi connectivity index (χ4v) is 1.07. The monoisotopic (exact) mass is 165 g/mol. The normalized spacial score (nSPS) is 9.92. The van der Waals surface area contributed by atoms with E-state index in [-0.39, 0.29) is 11.3 Å². The van der Waals surface area contributed by atoms with Gasteiger partial charge in [-0.2, -0.15) is 0 Å². The zero-order valence-corrected chi connectivity index (χ0v) is 7.42. The minimum Gasteiger partial charge on any atom is -0.318 e. The van der Waals surface area contributed by atoms with Crippen molar-refractivity contribution in [1.29, 1.82) is 0 Å². The Kier molecular flexibility index (Phi) is 2.13. The molecule has 0 aliphatic carbocycles. The average molecular weight is 165 g/mol. The molecular formula is C9H11NO2. The molecule has 1 aromatic rings. The summed E-state index contributed by atoms with van der Waals surface area (Å²) in [6.07, 6.45) is 1.55. The van der Waals surface area contributed by atoms with Crippen molar-refractivity contribution in [3.63, 3.8) is 0 Å². The highest BCUT2D eigenvalue weighted by Gasteiger charge is 2.03. The van der Waals surface area contributed by atoms with E-state index in [0.717, 1.165) is 0 Å². The van der Waals surface area contributed by atoms with Gasteiger partial charge in [-0.1, -0.05) is 0 Å². The zero-order chi connectivity index (χ0) is 9.30. The maximum absolute atomic E-state index is 11.2. The molecule has 0 amide bonds. The van der Waals surface area contributed by atoms with Crippen LogP contribution in [0.1, 0.15) is 22.8 Å². The molecule has 0 atom stereocenters. The maximum Gasteiger partial charge on any atom is 0.253 e. The molecule has 0 saturated carbocycles. The number of aromatic nitrogens is 1. The Morgan fingerprint density at radius 3 is 2.50 bits per heavy atom. The second-order valence-electron chi connectivity index (χ2n) is 2.88. The summed E-state index contributed by atoms with van der Waals surface area (Å²) in [5.74, 6) is -0.0197. The first-order valence-corrected chi connectivity index (χ1v) is 3.70. The van der Waals surface area contributed by atoms with Gasteiger partial charge in [0.15, 0.2) is 5.78 Å². The highest BCUT2D eigenvalue weighted by atomic mass is 16.1. The van der Waals surface area contributed by atoms with Crippen LogP contribution in [0, 0.1) is 6.92 Å². The molecule has 12 heavy (non-hydrogen) atoms. The second-order valence-corrected chi connectivity index (χ2v) is 2.88. The zero-order valence-electron chi connectivity index (χ0n) is 7.42. The number of pyridine rings is 1. The lowest BCUT2D eigenvalue weighted by atomic mass is 10.1. The van der Waals surface area contributed by atoms with Gasteiger partial charge in [-0.25, -0.2) is 0 Å². The minimum atomic E-state index is -0.0556. The molecule has 1 heterocycles. The van der Waals surface area contributed by atoms with Crippen molar-refractivity contribution in [3.05, 3.63) is 33.7 Å². The highest BCUT2D eigenvalue weighted by molar-refractivity contribution is 5.93. The summed E-state index contributed by atoms with van der Waals surface area (Å²) < 4.78 is 1.42. The van der Waals surface area contributed by atoms with Gasteiger partial charge in [0, 0.05) is 24.4 Å². The lowest BCUT2D eigenvalue weighted by molar-refractivity contribution is 0.101. The third-order valence-electron chi connectivity index (χ3n) is 1.77. The molecule has 1 aromatic heterocycles. The van der Waals surface area contributed by atoms with E-state index in [1.807, 2.05) is 0 Å². The number of nitrogens with zero attached hydrogens (tertiary/aromatic N) is 1. The highest BCUT2D eigenvalue weighted by Crippen LogP contribution is 1.99. The molecule has 3 heteroatoms. The van der Waals surface area contributed by atoms with Crippen molar-refractivity contribution in [2.24, 2.45) is 7.05 Å². The molecule has 0 N–H and O–H groups in total. The largest absolute Gasteiger partial charge is 0.318 e. The van der Waals surface area contributed by atoms with Crippen LogP contribution >= 0.6 is 0 Å². The lowest BCUT2D eigenvalue weighted by Gasteiger charge is -2.01. The molecule has 1 rings (SSSR count). The average Bonchev–Trinajstić information content (AvgIpc) is 1.99. The Hall–Kier alpha value is -1.38. The molecule has 0 aromatic carbocycles. The Labute approximate surface area is 70.6 Å². The van der Waals surface area contributed by atoms with Crippen LogP contribution < -0.4 is 5.56 Å². The van der Waals surface area contributed by atoms with Crippen molar-refractivity contribution in [2.75, 3.05) is 0 Å². The number of hydrogen-bond donors (Lipinski definition) is 0. The number of ketones is 1. The van der Waals surface area contributed by atoms with E-state index in [9.17, 15) is 9.59 Å². The van der Waals surface area contributed by atoms with Crippen LogP contribution in [0.5, 0.6) is 0 Å². The summed E-state index contributed by atoms with van der Waals surface area (Å²) in [6.45, 7) is 3.19. The van der Waals surface area contributed by atoms with Crippen LogP contribution in [0.25, 0.3) is 0 Å². The summed E-state index contributed by atoms with van der Waals surface area (Å²) in [5, 5.41) is 0. The van der Waals surface area contributed by atoms with Crippen LogP contribution in [-0.2, 0) is 7.05 Å². The molecular weight excluding hydrogens is 154 g/mol. The van der Waals surface area contributed by atoms with Crippen LogP contribution in [0.2, 0.25) is 0 Å². The molecule has 0 spiro atoms. The third-order valence-corrected chi connectivity index (χ3v) is 1.77. The third kappa shape index (κ3) is 1.44. The molecule has 0 fully saturated rings. The van der Waals surface area contributed by atoms with Crippen LogP contribution in [-0.4, -0.2) is 10.4 Å². The van der Waals surface area contributed by atoms with Crippen molar-refractivity contribution < 1.29 is 4.79 Å². The van der Waals surface area contributed by atoms with Gasteiger partial charge in [-0.3, -0.25) is 9.59 Å². The molecule has 0 aliphatic rings. The summed E-state index contributed by atoms with van der Waals surface area (Å²) in [4.78, 5) is 22.1. The van der Waals surface area contributed by atoms with Crippen molar-refractivity contribution in [1.82, 2.24) is 4.57 Å². The summed E-state index contributed by atoms with van der Waals surface area (Å²) in [5.41, 5.74) is 1.12. The lowest BCUT2D eigenvalue weighted by Crippen LogP contribution is -2.19. The number of aryl methyl sites for hydroxylation is 2. The molecule has 0 unspecified atom stereocenters. The number of Topliss-reactive ketones (excluding diaryl/α,β-unsaturated/α-hetero) is 1. The molecule has 3 nitrogen and oxygen atoms in total. The standard InChI is InChI=1S/C9H11NO2/c1-6-4-8(7(2)11)5-10(3)9(6)12/h4-5H,1-3H3. The van der Waals surface area contributed by atoms with Gasteiger partial charge in [-0.05, 0) is 19.9 Å². The Bertz CT molecular complexity index is 350. The first kappa shape index (κ1) is 8.71. The van der Waals surface area contributed by atoms with Crippen LogP contribution in [0.15, 0.2) is 17.1 Å². The van der Waals surface area contributed by atoms with Gasteiger partial charge in [-0.15, -0.1) is 0 Å². The number of hydrogen-bond acceptors (Lipinski definition) is 2. The van der Waals surface area contributed by atoms with Crippen molar-refractivity contribution in [3.8, 4) is 0 Å². The number of carbonyl (C=O) groups is 1. The number of rotatable bonds is 1. The van der Waals surface area contributed by atoms with Gasteiger partial charge < -0.3 is 4.57 Å². The van der Waals surface area contributed by atoms with E-state index < -0.39 is 0 Å². The summed E-state index contributed by atoms with van der Waals surface area (Å²) in [7, 11) is 1.64. The van der Waals surface area contributed by atoms with E-state index in [4.69, 9.17) is 0 Å². The minimum absolute atomic E-state index is 0.0197. The van der Waals surface area contributed by atoms with Crippen molar-refractivity contribution in [2.45, 2.75) is 13.8 Å². The van der Waals surface area contributed by atoms with Gasteiger partial charge in [0.1, 0.15) is 0 Å². The maximum atomic E-state index is 11.2. The van der Waals surface area contributed by atoms with Crippen LogP contribution in [0.3, 0.4) is 0 Å².